The summed E-state index contributed by atoms with van der Waals surface area (Å²) in [5, 5.41) is 2.17. The van der Waals surface area contributed by atoms with Crippen molar-refractivity contribution < 1.29 is 9.18 Å². The Balaban J connectivity index is 1.89. The third kappa shape index (κ3) is 3.76. The van der Waals surface area contributed by atoms with Crippen molar-refractivity contribution in [1.82, 2.24) is 9.97 Å². The smallest absolute Gasteiger partial charge is 0.187 e. The van der Waals surface area contributed by atoms with Crippen LogP contribution in [-0.2, 0) is 12.0 Å². The van der Waals surface area contributed by atoms with Crippen molar-refractivity contribution >= 4 is 22.7 Å². The van der Waals surface area contributed by atoms with Gasteiger partial charge in [0.2, 0.25) is 0 Å². The quantitative estimate of drug-likeness (QED) is 0.851. The van der Waals surface area contributed by atoms with E-state index in [2.05, 4.69) is 15.0 Å². The SMILES string of the molecule is Cc1cnc(C(=O)Cc2ccc(F)c([C@]3(C)C=CSC(N)=N3)c2)cn1. The van der Waals surface area contributed by atoms with Crippen molar-refractivity contribution in [2.75, 3.05) is 0 Å². The number of hydrogen-bond acceptors (Lipinski definition) is 6. The molecule has 0 spiro atoms. The van der Waals surface area contributed by atoms with Gasteiger partial charge in [-0.1, -0.05) is 17.8 Å². The molecule has 0 saturated carbocycles. The minimum Gasteiger partial charge on any atom is -0.378 e. The number of rotatable bonds is 4. The van der Waals surface area contributed by atoms with Crippen LogP contribution in [0.4, 0.5) is 4.39 Å². The van der Waals surface area contributed by atoms with E-state index >= 15 is 0 Å². The van der Waals surface area contributed by atoms with Gasteiger partial charge < -0.3 is 5.73 Å². The van der Waals surface area contributed by atoms with Crippen molar-refractivity contribution in [2.24, 2.45) is 10.7 Å². The van der Waals surface area contributed by atoms with Crippen molar-refractivity contribution in [3.63, 3.8) is 0 Å². The van der Waals surface area contributed by atoms with Crippen LogP contribution in [0.25, 0.3) is 0 Å². The average molecular weight is 356 g/mol. The van der Waals surface area contributed by atoms with Crippen LogP contribution in [-0.4, -0.2) is 20.9 Å². The fourth-order valence-corrected chi connectivity index (χ4v) is 3.28. The van der Waals surface area contributed by atoms with Crippen LogP contribution in [0.2, 0.25) is 0 Å². The van der Waals surface area contributed by atoms with Gasteiger partial charge >= 0.3 is 0 Å². The predicted molar refractivity (Wildman–Crippen MR) is 96.9 cm³/mol. The van der Waals surface area contributed by atoms with Crippen LogP contribution in [0.15, 0.2) is 47.1 Å². The standard InChI is InChI=1S/C18H17FN4OS/c1-11-9-22-15(10-21-11)16(24)8-12-3-4-14(19)13(7-12)18(2)5-6-25-17(20)23-18/h3-7,9-10H,8H2,1-2H3,(H2,20,23)/t18-/m0/s1. The van der Waals surface area contributed by atoms with Crippen molar-refractivity contribution in [2.45, 2.75) is 25.8 Å². The number of amidine groups is 1. The minimum atomic E-state index is -0.887. The third-order valence-electron chi connectivity index (χ3n) is 3.93. The molecule has 1 aromatic heterocycles. The predicted octanol–water partition coefficient (Wildman–Crippen LogP) is 3.14. The number of Topliss-reactive ketones (excluding diaryl/α,β-unsaturated/α-hetero) is 1. The van der Waals surface area contributed by atoms with Gasteiger partial charge in [-0.25, -0.2) is 14.4 Å². The summed E-state index contributed by atoms with van der Waals surface area (Å²) >= 11 is 1.29. The highest BCUT2D eigenvalue weighted by Crippen LogP contribution is 2.34. The third-order valence-corrected chi connectivity index (χ3v) is 4.54. The normalized spacial score (nSPS) is 19.6. The fraction of sp³-hybridized carbons (Fsp3) is 0.222. The monoisotopic (exact) mass is 356 g/mol. The summed E-state index contributed by atoms with van der Waals surface area (Å²) in [5.41, 5.74) is 6.99. The Labute approximate surface area is 149 Å². The number of hydrogen-bond donors (Lipinski definition) is 1. The van der Waals surface area contributed by atoms with Crippen LogP contribution in [0, 0.1) is 12.7 Å². The number of nitrogens with two attached hydrogens (primary N) is 1. The van der Waals surface area contributed by atoms with E-state index in [1.807, 2.05) is 0 Å². The second-order valence-corrected chi connectivity index (χ2v) is 6.90. The van der Waals surface area contributed by atoms with Crippen molar-refractivity contribution in [1.29, 1.82) is 0 Å². The number of benzene rings is 1. The highest BCUT2D eigenvalue weighted by molar-refractivity contribution is 8.16. The lowest BCUT2D eigenvalue weighted by Gasteiger charge is -2.26. The molecule has 0 bridgehead atoms. The van der Waals surface area contributed by atoms with Gasteiger partial charge in [-0.05, 0) is 43.0 Å². The Bertz CT molecular complexity index is 879. The zero-order chi connectivity index (χ0) is 18.0. The summed E-state index contributed by atoms with van der Waals surface area (Å²) in [6.07, 6.45) is 4.91. The molecule has 0 fully saturated rings. The molecule has 2 aromatic rings. The first kappa shape index (κ1) is 17.3. The Hall–Kier alpha value is -2.54. The molecule has 25 heavy (non-hydrogen) atoms. The summed E-state index contributed by atoms with van der Waals surface area (Å²) < 4.78 is 14.4. The second kappa shape index (κ2) is 6.76. The zero-order valence-electron chi connectivity index (χ0n) is 13.9. The van der Waals surface area contributed by atoms with Crippen LogP contribution in [0.5, 0.6) is 0 Å². The highest BCUT2D eigenvalue weighted by Gasteiger charge is 2.29. The Morgan fingerprint density at radius 2 is 2.12 bits per heavy atom. The maximum Gasteiger partial charge on any atom is 0.187 e. The number of carbonyl (C=O) groups is 1. The van der Waals surface area contributed by atoms with E-state index in [1.165, 1.54) is 24.0 Å². The maximum atomic E-state index is 14.4. The van der Waals surface area contributed by atoms with Crippen molar-refractivity contribution in [3.8, 4) is 0 Å². The molecule has 1 aliphatic heterocycles. The summed E-state index contributed by atoms with van der Waals surface area (Å²) in [5.74, 6) is -0.560. The molecule has 3 rings (SSSR count). The first-order valence-corrected chi connectivity index (χ1v) is 8.56. The van der Waals surface area contributed by atoms with Crippen LogP contribution >= 0.6 is 11.8 Å². The van der Waals surface area contributed by atoms with Crippen LogP contribution in [0.3, 0.4) is 0 Å². The van der Waals surface area contributed by atoms with Gasteiger partial charge in [0.25, 0.3) is 0 Å². The molecular weight excluding hydrogens is 339 g/mol. The number of aliphatic imine (C=N–C) groups is 1. The van der Waals surface area contributed by atoms with E-state index in [-0.39, 0.29) is 18.0 Å². The molecule has 2 heterocycles. The van der Waals surface area contributed by atoms with E-state index in [9.17, 15) is 9.18 Å². The molecule has 7 heteroatoms. The number of ketones is 1. The Morgan fingerprint density at radius 3 is 2.80 bits per heavy atom. The molecule has 0 unspecified atom stereocenters. The molecule has 0 amide bonds. The fourth-order valence-electron chi connectivity index (χ4n) is 2.56. The lowest BCUT2D eigenvalue weighted by atomic mass is 9.90. The topological polar surface area (TPSA) is 81.2 Å². The van der Waals surface area contributed by atoms with E-state index in [0.717, 1.165) is 5.69 Å². The molecule has 1 aliphatic rings. The van der Waals surface area contributed by atoms with E-state index < -0.39 is 5.54 Å². The Kier molecular flexibility index (Phi) is 4.67. The van der Waals surface area contributed by atoms with Gasteiger partial charge in [0.15, 0.2) is 11.0 Å². The second-order valence-electron chi connectivity index (χ2n) is 5.98. The Morgan fingerprint density at radius 1 is 1.32 bits per heavy atom. The van der Waals surface area contributed by atoms with E-state index in [4.69, 9.17) is 5.73 Å². The first-order chi connectivity index (χ1) is 11.9. The van der Waals surface area contributed by atoms with Gasteiger partial charge in [0.1, 0.15) is 17.1 Å². The van der Waals surface area contributed by atoms with Gasteiger partial charge in [-0.3, -0.25) is 9.78 Å². The number of nitrogens with zero attached hydrogens (tertiary/aromatic N) is 3. The molecule has 128 valence electrons. The van der Waals surface area contributed by atoms with E-state index in [0.29, 0.717) is 22.0 Å². The van der Waals surface area contributed by atoms with E-state index in [1.54, 1.807) is 43.7 Å². The van der Waals surface area contributed by atoms with Crippen LogP contribution in [0.1, 0.15) is 34.2 Å². The number of thioether (sulfide) groups is 1. The molecule has 1 aromatic carbocycles. The molecule has 0 radical (unpaired) electrons. The van der Waals surface area contributed by atoms with Gasteiger partial charge in [-0.2, -0.15) is 0 Å². The zero-order valence-corrected chi connectivity index (χ0v) is 14.7. The van der Waals surface area contributed by atoms with Gasteiger partial charge in [0, 0.05) is 18.2 Å². The minimum absolute atomic E-state index is 0.110. The highest BCUT2D eigenvalue weighted by atomic mass is 32.2. The number of halogens is 1. The molecule has 5 nitrogen and oxygen atoms in total. The first-order valence-electron chi connectivity index (χ1n) is 7.68. The van der Waals surface area contributed by atoms with Crippen molar-refractivity contribution in [3.05, 3.63) is 70.4 Å². The lowest BCUT2D eigenvalue weighted by Crippen LogP contribution is -2.25. The molecule has 0 saturated heterocycles. The number of carbonyl (C=O) groups excluding carboxylic acids is 1. The summed E-state index contributed by atoms with van der Waals surface area (Å²) in [4.78, 5) is 24.9. The van der Waals surface area contributed by atoms with Gasteiger partial charge in [-0.15, -0.1) is 0 Å². The van der Waals surface area contributed by atoms with Gasteiger partial charge in [0.05, 0.1) is 11.9 Å². The number of aromatic nitrogens is 2. The summed E-state index contributed by atoms with van der Waals surface area (Å²) in [7, 11) is 0. The maximum absolute atomic E-state index is 14.4. The average Bonchev–Trinajstić information content (AvgIpc) is 2.57. The van der Waals surface area contributed by atoms with Crippen LogP contribution < -0.4 is 5.73 Å². The molecule has 1 atom stereocenters. The molecule has 0 aliphatic carbocycles. The molecular formula is C18H17FN4OS. The molecule has 2 N–H and O–H groups in total. The lowest BCUT2D eigenvalue weighted by molar-refractivity contribution is 0.0987. The largest absolute Gasteiger partial charge is 0.378 e. The number of aryl methyl sites for hydroxylation is 1. The summed E-state index contributed by atoms with van der Waals surface area (Å²) in [6.45, 7) is 3.59. The summed E-state index contributed by atoms with van der Waals surface area (Å²) in [6, 6.07) is 4.60.